The molecule has 6 heteroatoms. The summed E-state index contributed by atoms with van der Waals surface area (Å²) in [5.41, 5.74) is 5.05. The lowest BCUT2D eigenvalue weighted by Crippen LogP contribution is -2.18. The number of H-pyrrole nitrogens is 1. The third kappa shape index (κ3) is 2.61. The number of aromatic nitrogens is 1. The SMILES string of the molecule is CCN1CCc2cc(-c3c(O)ccc4[nH]c(=O)c5sccc5c34)ccc21.Cl. The Balaban J connectivity index is 0.00000180. The number of fused-ring (bicyclic) bond motifs is 4. The molecule has 0 saturated heterocycles. The number of pyridine rings is 1. The Morgan fingerprint density at radius 3 is 2.89 bits per heavy atom. The number of aromatic hydroxyl groups is 1. The van der Waals surface area contributed by atoms with Crippen molar-refractivity contribution in [2.24, 2.45) is 0 Å². The minimum absolute atomic E-state index is 0. The topological polar surface area (TPSA) is 56.3 Å². The first kappa shape index (κ1) is 17.9. The molecule has 0 bridgehead atoms. The average Bonchev–Trinajstić information content (AvgIpc) is 3.28. The minimum atomic E-state index is -0.0771. The second-order valence-electron chi connectivity index (χ2n) is 6.67. The van der Waals surface area contributed by atoms with E-state index in [0.29, 0.717) is 4.70 Å². The number of rotatable bonds is 2. The molecule has 2 aromatic heterocycles. The molecule has 0 fully saturated rings. The van der Waals surface area contributed by atoms with Crippen LogP contribution in [0.1, 0.15) is 12.5 Å². The van der Waals surface area contributed by atoms with Crippen LogP contribution in [0.25, 0.3) is 32.1 Å². The Hall–Kier alpha value is -2.50. The zero-order valence-electron chi connectivity index (χ0n) is 14.8. The first-order chi connectivity index (χ1) is 12.7. The Morgan fingerprint density at radius 2 is 2.07 bits per heavy atom. The second-order valence-corrected chi connectivity index (χ2v) is 7.59. The van der Waals surface area contributed by atoms with E-state index in [1.54, 1.807) is 12.1 Å². The normalized spacial score (nSPS) is 13.1. The lowest BCUT2D eigenvalue weighted by atomic mass is 9.95. The van der Waals surface area contributed by atoms with Crippen LogP contribution in [0.2, 0.25) is 0 Å². The smallest absolute Gasteiger partial charge is 0.266 e. The third-order valence-electron chi connectivity index (χ3n) is 5.31. The zero-order valence-corrected chi connectivity index (χ0v) is 16.4. The first-order valence-corrected chi connectivity index (χ1v) is 9.68. The summed E-state index contributed by atoms with van der Waals surface area (Å²) < 4.78 is 0.697. The Morgan fingerprint density at radius 1 is 1.22 bits per heavy atom. The van der Waals surface area contributed by atoms with Gasteiger partial charge in [-0.3, -0.25) is 4.79 Å². The molecule has 0 amide bonds. The predicted octanol–water partition coefficient (Wildman–Crippen LogP) is 4.92. The van der Waals surface area contributed by atoms with Gasteiger partial charge in [0.25, 0.3) is 5.56 Å². The van der Waals surface area contributed by atoms with Crippen molar-refractivity contribution in [2.45, 2.75) is 13.3 Å². The largest absolute Gasteiger partial charge is 0.507 e. The molecule has 1 aliphatic heterocycles. The predicted molar refractivity (Wildman–Crippen MR) is 116 cm³/mol. The number of likely N-dealkylation sites (N-methyl/N-ethyl adjacent to an activating group) is 1. The molecule has 2 N–H and O–H groups in total. The van der Waals surface area contributed by atoms with Crippen LogP contribution in [0, 0.1) is 0 Å². The van der Waals surface area contributed by atoms with Gasteiger partial charge in [0, 0.05) is 40.6 Å². The Kier molecular flexibility index (Phi) is 4.36. The summed E-state index contributed by atoms with van der Waals surface area (Å²) in [5.74, 6) is 0.238. The molecule has 0 saturated carbocycles. The van der Waals surface area contributed by atoms with Gasteiger partial charge in [-0.25, -0.2) is 0 Å². The number of anilines is 1. The van der Waals surface area contributed by atoms with Gasteiger partial charge < -0.3 is 15.0 Å². The molecule has 5 rings (SSSR count). The van der Waals surface area contributed by atoms with Crippen molar-refractivity contribution >= 4 is 50.4 Å². The van der Waals surface area contributed by atoms with Crippen molar-refractivity contribution in [2.75, 3.05) is 18.0 Å². The van der Waals surface area contributed by atoms with Crippen molar-refractivity contribution in [3.8, 4) is 16.9 Å². The van der Waals surface area contributed by atoms with Crippen molar-refractivity contribution in [1.82, 2.24) is 4.98 Å². The fourth-order valence-electron chi connectivity index (χ4n) is 4.08. The van der Waals surface area contributed by atoms with Gasteiger partial charge in [-0.05, 0) is 60.2 Å². The molecule has 2 aromatic carbocycles. The van der Waals surface area contributed by atoms with E-state index in [9.17, 15) is 9.90 Å². The zero-order chi connectivity index (χ0) is 17.8. The molecule has 0 radical (unpaired) electrons. The van der Waals surface area contributed by atoms with Crippen molar-refractivity contribution in [3.05, 3.63) is 57.7 Å². The fourth-order valence-corrected chi connectivity index (χ4v) is 4.88. The summed E-state index contributed by atoms with van der Waals surface area (Å²) in [7, 11) is 0. The van der Waals surface area contributed by atoms with Gasteiger partial charge in [-0.2, -0.15) is 0 Å². The van der Waals surface area contributed by atoms with Crippen LogP contribution in [0.15, 0.2) is 46.6 Å². The van der Waals surface area contributed by atoms with Crippen LogP contribution in [-0.2, 0) is 6.42 Å². The van der Waals surface area contributed by atoms with Gasteiger partial charge in [-0.1, -0.05) is 6.07 Å². The lowest BCUT2D eigenvalue weighted by molar-refractivity contribution is 0.478. The van der Waals surface area contributed by atoms with E-state index >= 15 is 0 Å². The van der Waals surface area contributed by atoms with Crippen molar-refractivity contribution in [1.29, 1.82) is 0 Å². The fraction of sp³-hybridized carbons (Fsp3) is 0.190. The molecule has 1 aliphatic rings. The highest BCUT2D eigenvalue weighted by Crippen LogP contribution is 2.41. The summed E-state index contributed by atoms with van der Waals surface area (Å²) in [6.45, 7) is 4.21. The average molecular weight is 399 g/mol. The van der Waals surface area contributed by atoms with Gasteiger partial charge in [-0.15, -0.1) is 23.7 Å². The molecule has 4 nitrogen and oxygen atoms in total. The maximum absolute atomic E-state index is 12.3. The van der Waals surface area contributed by atoms with Crippen LogP contribution in [0.5, 0.6) is 5.75 Å². The van der Waals surface area contributed by atoms with E-state index in [4.69, 9.17) is 0 Å². The number of hydrogen-bond acceptors (Lipinski definition) is 4. The summed E-state index contributed by atoms with van der Waals surface area (Å²) in [4.78, 5) is 17.6. The molecule has 0 aliphatic carbocycles. The first-order valence-electron chi connectivity index (χ1n) is 8.81. The molecular formula is C21H19ClN2O2S. The second kappa shape index (κ2) is 6.59. The van der Waals surface area contributed by atoms with Crippen molar-refractivity contribution < 1.29 is 5.11 Å². The maximum atomic E-state index is 12.3. The number of benzene rings is 2. The summed E-state index contributed by atoms with van der Waals surface area (Å²) in [5, 5.41) is 14.4. The maximum Gasteiger partial charge on any atom is 0.266 e. The van der Waals surface area contributed by atoms with E-state index < -0.39 is 0 Å². The Bertz CT molecular complexity index is 1230. The highest BCUT2D eigenvalue weighted by molar-refractivity contribution is 7.17. The van der Waals surface area contributed by atoms with E-state index in [1.165, 1.54) is 22.6 Å². The number of hydrogen-bond donors (Lipinski definition) is 2. The van der Waals surface area contributed by atoms with E-state index in [1.807, 2.05) is 11.4 Å². The van der Waals surface area contributed by atoms with Crippen LogP contribution in [0.4, 0.5) is 5.69 Å². The number of aromatic amines is 1. The van der Waals surface area contributed by atoms with Gasteiger partial charge in [0.15, 0.2) is 0 Å². The molecule has 0 spiro atoms. The number of halogens is 1. The van der Waals surface area contributed by atoms with Gasteiger partial charge in [0.2, 0.25) is 0 Å². The molecule has 0 unspecified atom stereocenters. The number of nitrogens with one attached hydrogen (secondary N) is 1. The Labute approximate surface area is 166 Å². The minimum Gasteiger partial charge on any atom is -0.507 e. The molecule has 3 heterocycles. The summed E-state index contributed by atoms with van der Waals surface area (Å²) in [6.07, 6.45) is 1.02. The summed E-state index contributed by atoms with van der Waals surface area (Å²) >= 11 is 1.43. The molecule has 4 aromatic rings. The van der Waals surface area contributed by atoms with Crippen LogP contribution >= 0.6 is 23.7 Å². The lowest BCUT2D eigenvalue weighted by Gasteiger charge is -2.17. The van der Waals surface area contributed by atoms with E-state index in [-0.39, 0.29) is 23.7 Å². The van der Waals surface area contributed by atoms with Crippen molar-refractivity contribution in [3.63, 3.8) is 0 Å². The molecule has 0 atom stereocenters. The quantitative estimate of drug-likeness (QED) is 0.504. The molecule has 27 heavy (non-hydrogen) atoms. The highest BCUT2D eigenvalue weighted by atomic mass is 35.5. The standard InChI is InChI=1S/C21H18N2O2S.ClH/c1-2-23-9-7-12-11-13(3-5-16(12)23)18-17(24)6-4-15-19(18)14-8-10-26-20(14)21(25)22-15;/h3-6,8,10-11,24H,2,7,9H2,1H3,(H,22,25);1H. The monoisotopic (exact) mass is 398 g/mol. The summed E-state index contributed by atoms with van der Waals surface area (Å²) in [6, 6.07) is 11.8. The third-order valence-corrected chi connectivity index (χ3v) is 6.23. The number of thiophene rings is 1. The van der Waals surface area contributed by atoms with Gasteiger partial charge >= 0.3 is 0 Å². The highest BCUT2D eigenvalue weighted by Gasteiger charge is 2.20. The number of nitrogens with zero attached hydrogens (tertiary/aromatic N) is 1. The molecule has 138 valence electrons. The van der Waals surface area contributed by atoms with E-state index in [2.05, 4.69) is 35.0 Å². The van der Waals surface area contributed by atoms with Crippen LogP contribution in [-0.4, -0.2) is 23.2 Å². The number of phenolic OH excluding ortho intramolecular Hbond substituents is 1. The van der Waals surface area contributed by atoms with Crippen LogP contribution in [0.3, 0.4) is 0 Å². The van der Waals surface area contributed by atoms with E-state index in [0.717, 1.165) is 46.9 Å². The van der Waals surface area contributed by atoms with Crippen LogP contribution < -0.4 is 10.5 Å². The van der Waals surface area contributed by atoms with Gasteiger partial charge in [0.1, 0.15) is 10.4 Å². The molecular weight excluding hydrogens is 380 g/mol. The van der Waals surface area contributed by atoms with Gasteiger partial charge in [0.05, 0.1) is 0 Å². The number of phenols is 1.